The monoisotopic (exact) mass is 308 g/mol. The molecule has 0 aliphatic carbocycles. The largest absolute Gasteiger partial charge is 0.477 e. The number of carboxylic acids is 1. The highest BCUT2D eigenvalue weighted by molar-refractivity contribution is 5.96. The van der Waals surface area contributed by atoms with E-state index in [0.29, 0.717) is 31.9 Å². The van der Waals surface area contributed by atoms with Crippen LogP contribution in [0.5, 0.6) is 0 Å². The maximum Gasteiger partial charge on any atom is 0.354 e. The number of ether oxygens (including phenoxy) is 2. The number of aromatic carboxylic acids is 1. The summed E-state index contributed by atoms with van der Waals surface area (Å²) in [6.45, 7) is 2.32. The zero-order chi connectivity index (χ0) is 15.9. The summed E-state index contributed by atoms with van der Waals surface area (Å²) in [5.41, 5.74) is 0.231. The van der Waals surface area contributed by atoms with Crippen LogP contribution in [0, 0.1) is 0 Å². The predicted octanol–water partition coefficient (Wildman–Crippen LogP) is 1.05. The van der Waals surface area contributed by atoms with Gasteiger partial charge in [0.25, 0.3) is 5.91 Å². The van der Waals surface area contributed by atoms with Gasteiger partial charge in [0.05, 0.1) is 19.3 Å². The van der Waals surface area contributed by atoms with Crippen molar-refractivity contribution in [2.45, 2.75) is 18.9 Å². The summed E-state index contributed by atoms with van der Waals surface area (Å²) in [4.78, 5) is 28.7. The van der Waals surface area contributed by atoms with Crippen molar-refractivity contribution in [1.29, 1.82) is 0 Å². The fourth-order valence-electron chi connectivity index (χ4n) is 2.39. The lowest BCUT2D eigenvalue weighted by atomic mass is 10.1. The van der Waals surface area contributed by atoms with E-state index < -0.39 is 5.97 Å². The van der Waals surface area contributed by atoms with E-state index in [1.165, 1.54) is 18.3 Å². The first kappa shape index (κ1) is 16.4. The molecule has 1 amide bonds. The van der Waals surface area contributed by atoms with E-state index in [-0.39, 0.29) is 17.7 Å². The molecule has 1 N–H and O–H groups in total. The topological polar surface area (TPSA) is 89.0 Å². The number of likely N-dealkylation sites (tertiary alicyclic amines) is 1. The Morgan fingerprint density at radius 3 is 2.73 bits per heavy atom. The van der Waals surface area contributed by atoms with Gasteiger partial charge in [-0.3, -0.25) is 4.79 Å². The second-order valence-corrected chi connectivity index (χ2v) is 5.09. The number of methoxy groups -OCH3 is 1. The molecule has 1 fully saturated rings. The normalized spacial score (nSPS) is 15.8. The quantitative estimate of drug-likeness (QED) is 0.790. The van der Waals surface area contributed by atoms with Crippen LogP contribution in [0.1, 0.15) is 33.7 Å². The fraction of sp³-hybridized carbons (Fsp3) is 0.533. The van der Waals surface area contributed by atoms with Crippen molar-refractivity contribution in [1.82, 2.24) is 9.88 Å². The number of amides is 1. The number of hydrogen-bond acceptors (Lipinski definition) is 5. The van der Waals surface area contributed by atoms with Gasteiger partial charge in [-0.25, -0.2) is 9.78 Å². The average molecular weight is 308 g/mol. The molecule has 1 aromatic heterocycles. The Balaban J connectivity index is 1.89. The van der Waals surface area contributed by atoms with Gasteiger partial charge in [-0.05, 0) is 25.0 Å². The summed E-state index contributed by atoms with van der Waals surface area (Å²) in [6.07, 6.45) is 3.03. The summed E-state index contributed by atoms with van der Waals surface area (Å²) in [6, 6.07) is 2.85. The average Bonchev–Trinajstić information content (AvgIpc) is 2.55. The minimum atomic E-state index is -1.14. The molecule has 0 radical (unpaired) electrons. The van der Waals surface area contributed by atoms with Crippen LogP contribution in [-0.4, -0.2) is 66.4 Å². The van der Waals surface area contributed by atoms with Crippen molar-refractivity contribution in [3.05, 3.63) is 29.6 Å². The van der Waals surface area contributed by atoms with E-state index in [1.807, 2.05) is 0 Å². The zero-order valence-electron chi connectivity index (χ0n) is 12.5. The summed E-state index contributed by atoms with van der Waals surface area (Å²) in [7, 11) is 1.63. The molecule has 1 aliphatic heterocycles. The van der Waals surface area contributed by atoms with Crippen molar-refractivity contribution in [2.75, 3.05) is 33.4 Å². The van der Waals surface area contributed by atoms with Gasteiger partial charge < -0.3 is 19.5 Å². The molecule has 1 saturated heterocycles. The molecule has 2 heterocycles. The summed E-state index contributed by atoms with van der Waals surface area (Å²) < 4.78 is 10.6. The van der Waals surface area contributed by atoms with Gasteiger partial charge in [0, 0.05) is 32.0 Å². The summed E-state index contributed by atoms with van der Waals surface area (Å²) in [5.74, 6) is -1.31. The fourth-order valence-corrected chi connectivity index (χ4v) is 2.39. The van der Waals surface area contributed by atoms with Gasteiger partial charge in [0.2, 0.25) is 0 Å². The summed E-state index contributed by atoms with van der Waals surface area (Å²) >= 11 is 0. The molecule has 0 saturated carbocycles. The third-order valence-electron chi connectivity index (χ3n) is 3.60. The molecule has 0 unspecified atom stereocenters. The number of nitrogens with zero attached hydrogens (tertiary/aromatic N) is 2. The molecule has 120 valence electrons. The van der Waals surface area contributed by atoms with Crippen LogP contribution >= 0.6 is 0 Å². The first-order valence-electron chi connectivity index (χ1n) is 7.21. The van der Waals surface area contributed by atoms with Crippen molar-refractivity contribution in [3.8, 4) is 0 Å². The number of pyridine rings is 1. The molecule has 1 aromatic rings. The highest BCUT2D eigenvalue weighted by Crippen LogP contribution is 2.16. The molecule has 0 aromatic carbocycles. The molecular formula is C15H20N2O5. The van der Waals surface area contributed by atoms with Crippen LogP contribution in [0.25, 0.3) is 0 Å². The third kappa shape index (κ3) is 4.25. The van der Waals surface area contributed by atoms with Gasteiger partial charge >= 0.3 is 5.97 Å². The second-order valence-electron chi connectivity index (χ2n) is 5.09. The smallest absolute Gasteiger partial charge is 0.354 e. The molecule has 7 heteroatoms. The minimum Gasteiger partial charge on any atom is -0.477 e. The van der Waals surface area contributed by atoms with E-state index in [9.17, 15) is 9.59 Å². The van der Waals surface area contributed by atoms with Crippen molar-refractivity contribution in [3.63, 3.8) is 0 Å². The molecule has 0 atom stereocenters. The molecular weight excluding hydrogens is 288 g/mol. The maximum atomic E-state index is 12.4. The lowest BCUT2D eigenvalue weighted by Crippen LogP contribution is -2.41. The van der Waals surface area contributed by atoms with Gasteiger partial charge in [-0.15, -0.1) is 0 Å². The van der Waals surface area contributed by atoms with Gasteiger partial charge in [-0.1, -0.05) is 0 Å². The Morgan fingerprint density at radius 2 is 2.09 bits per heavy atom. The number of aromatic nitrogens is 1. The van der Waals surface area contributed by atoms with Crippen LogP contribution in [0.4, 0.5) is 0 Å². The third-order valence-corrected chi connectivity index (χ3v) is 3.60. The predicted molar refractivity (Wildman–Crippen MR) is 77.9 cm³/mol. The number of carbonyl (C=O) groups excluding carboxylic acids is 1. The number of rotatable bonds is 6. The molecule has 2 rings (SSSR count). The highest BCUT2D eigenvalue weighted by atomic mass is 16.5. The Kier molecular flexibility index (Phi) is 5.85. The van der Waals surface area contributed by atoms with Crippen LogP contribution in [-0.2, 0) is 9.47 Å². The second kappa shape index (κ2) is 7.86. The molecule has 1 aliphatic rings. The van der Waals surface area contributed by atoms with Crippen molar-refractivity contribution < 1.29 is 24.2 Å². The number of carboxylic acid groups (broad SMARTS) is 1. The van der Waals surface area contributed by atoms with E-state index in [1.54, 1.807) is 12.0 Å². The van der Waals surface area contributed by atoms with Crippen LogP contribution in [0.15, 0.2) is 18.3 Å². The van der Waals surface area contributed by atoms with Gasteiger partial charge in [0.15, 0.2) is 0 Å². The van der Waals surface area contributed by atoms with Gasteiger partial charge in [-0.2, -0.15) is 0 Å². The number of carbonyl (C=O) groups is 2. The van der Waals surface area contributed by atoms with E-state index in [0.717, 1.165) is 12.8 Å². The highest BCUT2D eigenvalue weighted by Gasteiger charge is 2.24. The maximum absolute atomic E-state index is 12.4. The Morgan fingerprint density at radius 1 is 1.36 bits per heavy atom. The Labute approximate surface area is 128 Å². The van der Waals surface area contributed by atoms with Crippen LogP contribution < -0.4 is 0 Å². The SMILES string of the molecule is COCCOC1CCN(C(=O)c2ccnc(C(=O)O)c2)CC1. The lowest BCUT2D eigenvalue weighted by molar-refractivity contribution is -0.0122. The van der Waals surface area contributed by atoms with Crippen LogP contribution in [0.3, 0.4) is 0 Å². The molecule has 22 heavy (non-hydrogen) atoms. The molecule has 0 spiro atoms. The molecule has 7 nitrogen and oxygen atoms in total. The minimum absolute atomic E-state index is 0.122. The van der Waals surface area contributed by atoms with E-state index >= 15 is 0 Å². The molecule has 0 bridgehead atoms. The van der Waals surface area contributed by atoms with Crippen LogP contribution in [0.2, 0.25) is 0 Å². The Bertz CT molecular complexity index is 526. The van der Waals surface area contributed by atoms with Crippen molar-refractivity contribution in [2.24, 2.45) is 0 Å². The zero-order valence-corrected chi connectivity index (χ0v) is 12.5. The van der Waals surface area contributed by atoms with Gasteiger partial charge in [0.1, 0.15) is 5.69 Å². The number of piperidine rings is 1. The number of hydrogen-bond donors (Lipinski definition) is 1. The standard InChI is InChI=1S/C15H20N2O5/c1-21-8-9-22-12-3-6-17(7-4-12)14(18)11-2-5-16-13(10-11)15(19)20/h2,5,10,12H,3-4,6-9H2,1H3,(H,19,20). The summed E-state index contributed by atoms with van der Waals surface area (Å²) in [5, 5.41) is 8.92. The Hall–Kier alpha value is -1.99. The first-order chi connectivity index (χ1) is 10.6. The van der Waals surface area contributed by atoms with E-state index in [2.05, 4.69) is 4.98 Å². The van der Waals surface area contributed by atoms with Crippen molar-refractivity contribution >= 4 is 11.9 Å². The van der Waals surface area contributed by atoms with E-state index in [4.69, 9.17) is 14.6 Å². The first-order valence-corrected chi connectivity index (χ1v) is 7.21. The lowest BCUT2D eigenvalue weighted by Gasteiger charge is -2.32.